The zero-order valence-electron chi connectivity index (χ0n) is 22.0. The molecule has 0 unspecified atom stereocenters. The number of ether oxygens (including phenoxy) is 4. The van der Waals surface area contributed by atoms with Gasteiger partial charge in [-0.25, -0.2) is 4.99 Å². The molecule has 3 aromatic rings. The Kier molecular flexibility index (Phi) is 8.86. The summed E-state index contributed by atoms with van der Waals surface area (Å²) in [6.45, 7) is 2.67. The summed E-state index contributed by atoms with van der Waals surface area (Å²) in [6.07, 6.45) is 0.445. The third-order valence-electron chi connectivity index (χ3n) is 6.51. The molecule has 1 aliphatic rings. The van der Waals surface area contributed by atoms with Gasteiger partial charge in [0.15, 0.2) is 5.54 Å². The summed E-state index contributed by atoms with van der Waals surface area (Å²) in [5.74, 6) is 2.17. The van der Waals surface area contributed by atoms with Crippen molar-refractivity contribution in [3.05, 3.63) is 89.5 Å². The van der Waals surface area contributed by atoms with E-state index in [0.29, 0.717) is 42.6 Å². The fourth-order valence-electron chi connectivity index (χ4n) is 4.35. The lowest BCUT2D eigenvalue weighted by Crippen LogP contribution is -2.52. The molecule has 0 radical (unpaired) electrons. The topological polar surface area (TPSA) is 98.6 Å². The van der Waals surface area contributed by atoms with E-state index >= 15 is 0 Å². The number of aliphatic hydroxyl groups is 1. The van der Waals surface area contributed by atoms with Crippen molar-refractivity contribution in [2.45, 2.75) is 38.0 Å². The molecule has 0 bridgehead atoms. The summed E-state index contributed by atoms with van der Waals surface area (Å²) in [4.78, 5) is 18.8. The first-order chi connectivity index (χ1) is 18.5. The number of nitrogens with zero attached hydrogens (tertiary/aromatic N) is 1. The van der Waals surface area contributed by atoms with Gasteiger partial charge in [0.05, 0.1) is 20.8 Å². The second kappa shape index (κ2) is 12.5. The number of benzene rings is 3. The predicted octanol–water partition coefficient (Wildman–Crippen LogP) is 3.93. The van der Waals surface area contributed by atoms with E-state index in [2.05, 4.69) is 5.32 Å². The molecule has 8 heteroatoms. The molecular weight excluding hydrogens is 484 g/mol. The molecule has 38 heavy (non-hydrogen) atoms. The van der Waals surface area contributed by atoms with Crippen LogP contribution in [-0.2, 0) is 22.5 Å². The lowest BCUT2D eigenvalue weighted by molar-refractivity contribution is -0.128. The van der Waals surface area contributed by atoms with Crippen LogP contribution in [-0.4, -0.2) is 56.0 Å². The standard InChI is InChI=1S/C30H34N2O6/c1-21-30(19-22-8-5-4-6-9-22,29(34)31-20-23-16-26(35-2)18-27(17-23)36-3)32-28(38-21)24-10-12-25(13-11-24)37-15-7-14-33/h4-6,8-13,16-18,21,33H,7,14-15,19-20H2,1-3H3,(H,31,34)/t21-,30-/m1/s1. The number of hydrogen-bond donors (Lipinski definition) is 2. The molecule has 0 aromatic heterocycles. The highest BCUT2D eigenvalue weighted by Gasteiger charge is 2.50. The van der Waals surface area contributed by atoms with Gasteiger partial charge in [0.25, 0.3) is 5.91 Å². The highest BCUT2D eigenvalue weighted by atomic mass is 16.5. The van der Waals surface area contributed by atoms with Crippen LogP contribution in [0.2, 0.25) is 0 Å². The Labute approximate surface area is 223 Å². The second-order valence-electron chi connectivity index (χ2n) is 9.12. The fourth-order valence-corrected chi connectivity index (χ4v) is 4.35. The van der Waals surface area contributed by atoms with Crippen molar-refractivity contribution in [2.75, 3.05) is 27.4 Å². The van der Waals surface area contributed by atoms with Gasteiger partial charge in [0.2, 0.25) is 5.90 Å². The Morgan fingerprint density at radius 3 is 2.29 bits per heavy atom. The van der Waals surface area contributed by atoms with E-state index < -0.39 is 11.6 Å². The fraction of sp³-hybridized carbons (Fsp3) is 0.333. The van der Waals surface area contributed by atoms with Crippen LogP contribution in [0.3, 0.4) is 0 Å². The van der Waals surface area contributed by atoms with Gasteiger partial charge < -0.3 is 29.4 Å². The van der Waals surface area contributed by atoms with Gasteiger partial charge >= 0.3 is 0 Å². The van der Waals surface area contributed by atoms with Crippen LogP contribution in [0.4, 0.5) is 0 Å². The molecule has 1 aliphatic heterocycles. The lowest BCUT2D eigenvalue weighted by Gasteiger charge is -2.28. The van der Waals surface area contributed by atoms with Crippen molar-refractivity contribution < 1.29 is 28.8 Å². The van der Waals surface area contributed by atoms with E-state index in [9.17, 15) is 4.79 Å². The first kappa shape index (κ1) is 27.0. The van der Waals surface area contributed by atoms with Crippen LogP contribution >= 0.6 is 0 Å². The van der Waals surface area contributed by atoms with Gasteiger partial charge in [-0.2, -0.15) is 0 Å². The van der Waals surface area contributed by atoms with Gasteiger partial charge in [-0.15, -0.1) is 0 Å². The minimum atomic E-state index is -1.16. The quantitative estimate of drug-likeness (QED) is 0.353. The number of hydrogen-bond acceptors (Lipinski definition) is 7. The smallest absolute Gasteiger partial charge is 0.252 e. The molecule has 2 N–H and O–H groups in total. The summed E-state index contributed by atoms with van der Waals surface area (Å²) < 4.78 is 22.6. The maximum atomic E-state index is 13.8. The van der Waals surface area contributed by atoms with Crippen molar-refractivity contribution in [3.8, 4) is 17.2 Å². The van der Waals surface area contributed by atoms with Crippen LogP contribution in [0.5, 0.6) is 17.2 Å². The van der Waals surface area contributed by atoms with E-state index in [1.54, 1.807) is 20.3 Å². The normalized spacial score (nSPS) is 18.3. The zero-order chi connectivity index (χ0) is 27.0. The largest absolute Gasteiger partial charge is 0.497 e. The monoisotopic (exact) mass is 518 g/mol. The molecule has 1 amide bonds. The number of aliphatic hydroxyl groups excluding tert-OH is 1. The SMILES string of the molecule is COc1cc(CNC(=O)[C@]2(Cc3ccccc3)N=C(c3ccc(OCCCO)cc3)O[C@@H]2C)cc(OC)c1. The molecule has 0 saturated carbocycles. The molecule has 0 saturated heterocycles. The molecule has 0 aliphatic carbocycles. The molecule has 4 rings (SSSR count). The Balaban J connectivity index is 1.59. The summed E-state index contributed by atoms with van der Waals surface area (Å²) in [5, 5.41) is 12.0. The predicted molar refractivity (Wildman–Crippen MR) is 145 cm³/mol. The average Bonchev–Trinajstić information content (AvgIpc) is 3.29. The van der Waals surface area contributed by atoms with E-state index in [4.69, 9.17) is 29.0 Å². The van der Waals surface area contributed by atoms with Crippen LogP contribution in [0.1, 0.15) is 30.0 Å². The molecule has 0 fully saturated rings. The lowest BCUT2D eigenvalue weighted by atomic mass is 9.86. The van der Waals surface area contributed by atoms with Gasteiger partial charge in [0, 0.05) is 37.6 Å². The number of amides is 1. The van der Waals surface area contributed by atoms with Gasteiger partial charge in [0.1, 0.15) is 23.4 Å². The van der Waals surface area contributed by atoms with Gasteiger partial charge in [-0.3, -0.25) is 4.79 Å². The maximum Gasteiger partial charge on any atom is 0.252 e. The van der Waals surface area contributed by atoms with Gasteiger partial charge in [-0.1, -0.05) is 30.3 Å². The molecule has 0 spiro atoms. The Morgan fingerprint density at radius 1 is 0.974 bits per heavy atom. The van der Waals surface area contributed by atoms with Crippen LogP contribution in [0.25, 0.3) is 0 Å². The third kappa shape index (κ3) is 6.26. The highest BCUT2D eigenvalue weighted by Crippen LogP contribution is 2.33. The second-order valence-corrected chi connectivity index (χ2v) is 9.12. The first-order valence-electron chi connectivity index (χ1n) is 12.6. The number of carbonyl (C=O) groups excluding carboxylic acids is 1. The molecule has 2 atom stereocenters. The zero-order valence-corrected chi connectivity index (χ0v) is 22.0. The minimum Gasteiger partial charge on any atom is -0.497 e. The van der Waals surface area contributed by atoms with Gasteiger partial charge in [-0.05, 0) is 54.4 Å². The van der Waals surface area contributed by atoms with Crippen molar-refractivity contribution in [3.63, 3.8) is 0 Å². The molecule has 8 nitrogen and oxygen atoms in total. The van der Waals surface area contributed by atoms with Crippen molar-refractivity contribution in [1.29, 1.82) is 0 Å². The van der Waals surface area contributed by atoms with E-state index in [1.807, 2.05) is 73.7 Å². The summed E-state index contributed by atoms with van der Waals surface area (Å²) in [5.41, 5.74) is 1.43. The minimum absolute atomic E-state index is 0.0809. The number of nitrogens with one attached hydrogen (secondary N) is 1. The van der Waals surface area contributed by atoms with Crippen molar-refractivity contribution in [2.24, 2.45) is 4.99 Å². The highest BCUT2D eigenvalue weighted by molar-refractivity contribution is 6.00. The Hall–Kier alpha value is -4.04. The van der Waals surface area contributed by atoms with Crippen LogP contribution in [0.15, 0.2) is 77.8 Å². The Bertz CT molecular complexity index is 1220. The van der Waals surface area contributed by atoms with E-state index in [0.717, 1.165) is 16.7 Å². The molecule has 200 valence electrons. The summed E-state index contributed by atoms with van der Waals surface area (Å²) >= 11 is 0. The molecular formula is C30H34N2O6. The summed E-state index contributed by atoms with van der Waals surface area (Å²) in [6, 6.07) is 22.7. The van der Waals surface area contributed by atoms with Crippen LogP contribution in [0, 0.1) is 0 Å². The molecule has 3 aromatic carbocycles. The number of aliphatic imine (C=N–C) groups is 1. The third-order valence-corrected chi connectivity index (χ3v) is 6.51. The average molecular weight is 519 g/mol. The van der Waals surface area contributed by atoms with E-state index in [-0.39, 0.29) is 19.1 Å². The summed E-state index contributed by atoms with van der Waals surface area (Å²) in [7, 11) is 3.18. The first-order valence-corrected chi connectivity index (χ1v) is 12.6. The maximum absolute atomic E-state index is 13.8. The number of methoxy groups -OCH3 is 2. The van der Waals surface area contributed by atoms with Crippen molar-refractivity contribution in [1.82, 2.24) is 5.32 Å². The van der Waals surface area contributed by atoms with Crippen LogP contribution < -0.4 is 19.5 Å². The Morgan fingerprint density at radius 2 is 1.66 bits per heavy atom. The van der Waals surface area contributed by atoms with E-state index in [1.165, 1.54) is 0 Å². The number of carbonyl (C=O) groups is 1. The molecule has 1 heterocycles. The number of rotatable bonds is 12. The van der Waals surface area contributed by atoms with Crippen molar-refractivity contribution >= 4 is 11.8 Å².